The van der Waals surface area contributed by atoms with Crippen LogP contribution in [0.1, 0.15) is 39.0 Å². The molecule has 1 rings (SSSR count). The number of nitriles is 1. The summed E-state index contributed by atoms with van der Waals surface area (Å²) in [5, 5.41) is 19.1. The quantitative estimate of drug-likeness (QED) is 0.767. The van der Waals surface area contributed by atoms with Crippen LogP contribution >= 0.6 is 0 Å². The molecule has 0 aliphatic heterocycles. The minimum Gasteiger partial charge on any atom is -0.389 e. The zero-order valence-electron chi connectivity index (χ0n) is 12.5. The molecule has 0 spiro atoms. The Labute approximate surface area is 117 Å². The second-order valence-corrected chi connectivity index (χ2v) is 5.82. The Morgan fingerprint density at radius 1 is 1.47 bits per heavy atom. The molecule has 0 bridgehead atoms. The summed E-state index contributed by atoms with van der Waals surface area (Å²) in [6, 6.07) is 2.73. The third-order valence-corrected chi connectivity index (χ3v) is 4.21. The number of rotatable bonds is 7. The summed E-state index contributed by atoms with van der Waals surface area (Å²) in [5.74, 6) is 0.842. The van der Waals surface area contributed by atoms with Gasteiger partial charge in [0.2, 0.25) is 0 Å². The highest BCUT2D eigenvalue weighted by atomic mass is 16.5. The fraction of sp³-hybridized carbons (Fsp3) is 0.933. The molecule has 0 aromatic heterocycles. The Balaban J connectivity index is 2.56. The Morgan fingerprint density at radius 2 is 2.21 bits per heavy atom. The van der Waals surface area contributed by atoms with Crippen LogP contribution in [0, 0.1) is 23.2 Å². The van der Waals surface area contributed by atoms with Crippen molar-refractivity contribution in [1.82, 2.24) is 4.90 Å². The van der Waals surface area contributed by atoms with Crippen LogP contribution in [0.5, 0.6) is 0 Å². The number of hydrogen-bond donors (Lipinski definition) is 1. The standard InChI is InChI=1S/C15H28N2O2/c1-4-5-12-6-7-13(9-16)15(8-12)17(2)10-14(18)11-19-3/h12-15,18H,4-8,10-11H2,1-3H3. The Kier molecular flexibility index (Phi) is 7.37. The lowest BCUT2D eigenvalue weighted by atomic mass is 9.76. The monoisotopic (exact) mass is 268 g/mol. The predicted octanol–water partition coefficient (Wildman–Crippen LogP) is 2.03. The molecule has 4 nitrogen and oxygen atoms in total. The van der Waals surface area contributed by atoms with Crippen LogP contribution in [-0.4, -0.2) is 49.5 Å². The summed E-state index contributed by atoms with van der Waals surface area (Å²) in [6.45, 7) is 3.15. The Bertz CT molecular complexity index is 290. The van der Waals surface area contributed by atoms with Crippen molar-refractivity contribution in [3.8, 4) is 6.07 Å². The van der Waals surface area contributed by atoms with Gasteiger partial charge in [0.15, 0.2) is 0 Å². The van der Waals surface area contributed by atoms with Gasteiger partial charge in [0, 0.05) is 19.7 Å². The molecule has 0 aromatic rings. The van der Waals surface area contributed by atoms with Crippen LogP contribution in [-0.2, 0) is 4.74 Å². The molecule has 4 heteroatoms. The lowest BCUT2D eigenvalue weighted by molar-refractivity contribution is 0.0197. The van der Waals surface area contributed by atoms with Crippen molar-refractivity contribution < 1.29 is 9.84 Å². The van der Waals surface area contributed by atoms with Gasteiger partial charge in [0.1, 0.15) is 0 Å². The third kappa shape index (κ3) is 5.10. The zero-order chi connectivity index (χ0) is 14.3. The summed E-state index contributed by atoms with van der Waals surface area (Å²) in [5.41, 5.74) is 0. The number of aliphatic hydroxyl groups is 1. The van der Waals surface area contributed by atoms with Gasteiger partial charge in [-0.25, -0.2) is 0 Å². The molecule has 19 heavy (non-hydrogen) atoms. The van der Waals surface area contributed by atoms with E-state index in [0.717, 1.165) is 18.8 Å². The second-order valence-electron chi connectivity index (χ2n) is 5.82. The largest absolute Gasteiger partial charge is 0.389 e. The number of nitrogens with zero attached hydrogens (tertiary/aromatic N) is 2. The number of hydrogen-bond acceptors (Lipinski definition) is 4. The molecule has 1 aliphatic carbocycles. The van der Waals surface area contributed by atoms with Gasteiger partial charge >= 0.3 is 0 Å². The molecule has 0 radical (unpaired) electrons. The molecule has 0 amide bonds. The third-order valence-electron chi connectivity index (χ3n) is 4.21. The van der Waals surface area contributed by atoms with Crippen molar-refractivity contribution in [3.05, 3.63) is 0 Å². The first-order chi connectivity index (χ1) is 9.12. The van der Waals surface area contributed by atoms with E-state index in [4.69, 9.17) is 4.74 Å². The molecular formula is C15H28N2O2. The fourth-order valence-corrected chi connectivity index (χ4v) is 3.25. The van der Waals surface area contributed by atoms with E-state index in [2.05, 4.69) is 17.9 Å². The second kappa shape index (κ2) is 8.52. The van der Waals surface area contributed by atoms with Crippen molar-refractivity contribution in [1.29, 1.82) is 5.26 Å². The number of ether oxygens (including phenoxy) is 1. The van der Waals surface area contributed by atoms with E-state index in [9.17, 15) is 10.4 Å². The summed E-state index contributed by atoms with van der Waals surface area (Å²) >= 11 is 0. The number of likely N-dealkylation sites (N-methyl/N-ethyl adjacent to an activating group) is 1. The lowest BCUT2D eigenvalue weighted by Gasteiger charge is -2.39. The average Bonchev–Trinajstić information content (AvgIpc) is 2.39. The van der Waals surface area contributed by atoms with Gasteiger partial charge in [-0.2, -0.15) is 5.26 Å². The molecule has 1 N–H and O–H groups in total. The van der Waals surface area contributed by atoms with Crippen LogP contribution in [0.25, 0.3) is 0 Å². The molecule has 4 atom stereocenters. The summed E-state index contributed by atoms with van der Waals surface area (Å²) < 4.78 is 4.96. The van der Waals surface area contributed by atoms with Crippen molar-refractivity contribution in [2.75, 3.05) is 27.3 Å². The fourth-order valence-electron chi connectivity index (χ4n) is 3.25. The zero-order valence-corrected chi connectivity index (χ0v) is 12.5. The van der Waals surface area contributed by atoms with Crippen molar-refractivity contribution in [3.63, 3.8) is 0 Å². The number of aliphatic hydroxyl groups excluding tert-OH is 1. The van der Waals surface area contributed by atoms with Gasteiger partial charge in [0.25, 0.3) is 0 Å². The number of methoxy groups -OCH3 is 1. The SMILES string of the molecule is CCCC1CCC(C#N)C(N(C)CC(O)COC)C1. The van der Waals surface area contributed by atoms with Crippen LogP contribution in [0.4, 0.5) is 0 Å². The smallest absolute Gasteiger partial charge is 0.0900 e. The van der Waals surface area contributed by atoms with Gasteiger partial charge in [-0.05, 0) is 32.2 Å². The predicted molar refractivity (Wildman–Crippen MR) is 75.7 cm³/mol. The van der Waals surface area contributed by atoms with Gasteiger partial charge in [-0.1, -0.05) is 19.8 Å². The first-order valence-corrected chi connectivity index (χ1v) is 7.39. The molecule has 1 fully saturated rings. The normalized spacial score (nSPS) is 29.2. The molecule has 0 aromatic carbocycles. The average molecular weight is 268 g/mol. The van der Waals surface area contributed by atoms with Crippen LogP contribution in [0.3, 0.4) is 0 Å². The molecule has 1 aliphatic rings. The Morgan fingerprint density at radius 3 is 2.79 bits per heavy atom. The van der Waals surface area contributed by atoms with Crippen molar-refractivity contribution in [2.45, 2.75) is 51.2 Å². The van der Waals surface area contributed by atoms with Crippen LogP contribution < -0.4 is 0 Å². The van der Waals surface area contributed by atoms with E-state index in [1.165, 1.54) is 19.3 Å². The lowest BCUT2D eigenvalue weighted by Crippen LogP contribution is -2.45. The molecule has 0 heterocycles. The summed E-state index contributed by atoms with van der Waals surface area (Å²) in [7, 11) is 3.61. The first kappa shape index (κ1) is 16.4. The van der Waals surface area contributed by atoms with Gasteiger partial charge < -0.3 is 9.84 Å². The maximum absolute atomic E-state index is 9.83. The molecule has 110 valence electrons. The minimum atomic E-state index is -0.471. The van der Waals surface area contributed by atoms with Crippen LogP contribution in [0.2, 0.25) is 0 Å². The van der Waals surface area contributed by atoms with E-state index in [0.29, 0.717) is 13.2 Å². The maximum atomic E-state index is 9.83. The van der Waals surface area contributed by atoms with Crippen molar-refractivity contribution in [2.24, 2.45) is 11.8 Å². The van der Waals surface area contributed by atoms with E-state index in [1.807, 2.05) is 7.05 Å². The van der Waals surface area contributed by atoms with E-state index in [1.54, 1.807) is 7.11 Å². The molecule has 0 saturated heterocycles. The van der Waals surface area contributed by atoms with Crippen molar-refractivity contribution >= 4 is 0 Å². The first-order valence-electron chi connectivity index (χ1n) is 7.39. The van der Waals surface area contributed by atoms with E-state index < -0.39 is 6.10 Å². The van der Waals surface area contributed by atoms with E-state index in [-0.39, 0.29) is 12.0 Å². The van der Waals surface area contributed by atoms with E-state index >= 15 is 0 Å². The maximum Gasteiger partial charge on any atom is 0.0900 e. The molecule has 1 saturated carbocycles. The highest BCUT2D eigenvalue weighted by Gasteiger charge is 2.33. The minimum absolute atomic E-state index is 0.104. The van der Waals surface area contributed by atoms with Gasteiger partial charge in [-0.3, -0.25) is 4.90 Å². The highest BCUT2D eigenvalue weighted by molar-refractivity contribution is 4.97. The summed E-state index contributed by atoms with van der Waals surface area (Å²) in [4.78, 5) is 2.15. The topological polar surface area (TPSA) is 56.5 Å². The molecule has 4 unspecified atom stereocenters. The molecular weight excluding hydrogens is 240 g/mol. The van der Waals surface area contributed by atoms with Gasteiger partial charge in [-0.15, -0.1) is 0 Å². The summed E-state index contributed by atoms with van der Waals surface area (Å²) in [6.07, 6.45) is 5.25. The van der Waals surface area contributed by atoms with Crippen LogP contribution in [0.15, 0.2) is 0 Å². The van der Waals surface area contributed by atoms with Gasteiger partial charge in [0.05, 0.1) is 24.7 Å². The highest BCUT2D eigenvalue weighted by Crippen LogP contribution is 2.34. The Hall–Kier alpha value is -0.630.